The zero-order chi connectivity index (χ0) is 29.2. The van der Waals surface area contributed by atoms with Gasteiger partial charge in [-0.15, -0.1) is 0 Å². The number of ketones is 1. The van der Waals surface area contributed by atoms with Gasteiger partial charge in [-0.05, 0) is 57.1 Å². The third-order valence-electron chi connectivity index (χ3n) is 7.13. The fourth-order valence-corrected chi connectivity index (χ4v) is 4.97. The van der Waals surface area contributed by atoms with Crippen LogP contribution in [0.1, 0.15) is 63.1 Å². The molecule has 0 aromatic heterocycles. The van der Waals surface area contributed by atoms with E-state index in [0.717, 1.165) is 45.3 Å². The maximum atomic E-state index is 13.4. The van der Waals surface area contributed by atoms with E-state index in [9.17, 15) is 24.8 Å². The van der Waals surface area contributed by atoms with Crippen LogP contribution in [0.5, 0.6) is 11.5 Å². The number of aliphatic hydroxyl groups excluding tert-OH is 1. The summed E-state index contributed by atoms with van der Waals surface area (Å²) in [7, 11) is 2.99. The van der Waals surface area contributed by atoms with Crippen molar-refractivity contribution in [1.82, 2.24) is 9.80 Å². The lowest BCUT2D eigenvalue weighted by atomic mass is 9.94. The van der Waals surface area contributed by atoms with Gasteiger partial charge in [-0.1, -0.05) is 38.8 Å². The number of rotatable bonds is 15. The number of hydrogen-bond donors (Lipinski definition) is 1. The van der Waals surface area contributed by atoms with E-state index in [1.807, 2.05) is 0 Å². The van der Waals surface area contributed by atoms with E-state index < -0.39 is 28.4 Å². The minimum absolute atomic E-state index is 0.0735. The van der Waals surface area contributed by atoms with Crippen molar-refractivity contribution in [1.29, 1.82) is 0 Å². The van der Waals surface area contributed by atoms with Gasteiger partial charge in [0.1, 0.15) is 17.3 Å². The van der Waals surface area contributed by atoms with Crippen molar-refractivity contribution in [3.63, 3.8) is 0 Å². The van der Waals surface area contributed by atoms with Gasteiger partial charge >= 0.3 is 0 Å². The second-order valence-electron chi connectivity index (χ2n) is 9.81. The zero-order valence-corrected chi connectivity index (χ0v) is 23.7. The molecule has 10 nitrogen and oxygen atoms in total. The number of nitro groups is 1. The van der Waals surface area contributed by atoms with Gasteiger partial charge in [0.05, 0.1) is 30.8 Å². The molecule has 1 saturated heterocycles. The molecule has 1 fully saturated rings. The molecule has 0 unspecified atom stereocenters. The van der Waals surface area contributed by atoms with E-state index >= 15 is 0 Å². The predicted octanol–water partition coefficient (Wildman–Crippen LogP) is 5.33. The molecule has 0 radical (unpaired) electrons. The number of amides is 1. The minimum atomic E-state index is -0.968. The number of nitrogens with zero attached hydrogens (tertiary/aromatic N) is 3. The highest BCUT2D eigenvalue weighted by Gasteiger charge is 2.47. The zero-order valence-electron chi connectivity index (χ0n) is 23.7. The van der Waals surface area contributed by atoms with Crippen LogP contribution < -0.4 is 9.47 Å². The van der Waals surface area contributed by atoms with Crippen LogP contribution in [0.3, 0.4) is 0 Å². The molecule has 3 rings (SSSR count). The van der Waals surface area contributed by atoms with Crippen LogP contribution >= 0.6 is 0 Å². The second kappa shape index (κ2) is 14.5. The van der Waals surface area contributed by atoms with Crippen LogP contribution in [-0.2, 0) is 9.59 Å². The van der Waals surface area contributed by atoms with E-state index in [1.54, 1.807) is 18.2 Å². The number of carbonyl (C=O) groups excluding carboxylic acids is 2. The number of methoxy groups -OCH3 is 2. The number of aliphatic hydroxyl groups is 1. The first-order valence-electron chi connectivity index (χ1n) is 13.7. The third kappa shape index (κ3) is 6.98. The first-order chi connectivity index (χ1) is 19.3. The van der Waals surface area contributed by atoms with Gasteiger partial charge in [0.25, 0.3) is 17.4 Å². The summed E-state index contributed by atoms with van der Waals surface area (Å²) in [6.07, 6.45) is 4.96. The van der Waals surface area contributed by atoms with Crippen molar-refractivity contribution in [2.75, 3.05) is 40.4 Å². The number of ether oxygens (including phenoxy) is 2. The summed E-state index contributed by atoms with van der Waals surface area (Å²) in [4.78, 5) is 41.5. The molecule has 1 aliphatic heterocycles. The molecule has 2 aromatic rings. The number of unbranched alkanes of at least 4 members (excludes halogenated alkanes) is 2. The Morgan fingerprint density at radius 3 is 2.27 bits per heavy atom. The highest BCUT2D eigenvalue weighted by Crippen LogP contribution is 2.44. The summed E-state index contributed by atoms with van der Waals surface area (Å²) in [5, 5.41) is 22.7. The van der Waals surface area contributed by atoms with Gasteiger partial charge in [0, 0.05) is 29.8 Å². The van der Waals surface area contributed by atoms with Crippen molar-refractivity contribution >= 4 is 23.1 Å². The van der Waals surface area contributed by atoms with E-state index in [1.165, 1.54) is 43.4 Å². The summed E-state index contributed by atoms with van der Waals surface area (Å²) in [5.74, 6) is -1.17. The smallest absolute Gasteiger partial charge is 0.295 e. The molecule has 0 aliphatic carbocycles. The minimum Gasteiger partial charge on any atom is -0.507 e. The first kappa shape index (κ1) is 30.6. The largest absolute Gasteiger partial charge is 0.507 e. The van der Waals surface area contributed by atoms with Gasteiger partial charge in [-0.3, -0.25) is 19.7 Å². The van der Waals surface area contributed by atoms with E-state index in [2.05, 4.69) is 18.7 Å². The third-order valence-corrected chi connectivity index (χ3v) is 7.13. The number of likely N-dealkylation sites (tertiary alicyclic amines) is 1. The average Bonchev–Trinajstić information content (AvgIpc) is 3.22. The summed E-state index contributed by atoms with van der Waals surface area (Å²) >= 11 is 0. The van der Waals surface area contributed by atoms with Gasteiger partial charge in [0.2, 0.25) is 0 Å². The van der Waals surface area contributed by atoms with E-state index in [0.29, 0.717) is 23.5 Å². The number of benzene rings is 2. The van der Waals surface area contributed by atoms with Crippen LogP contribution in [0.15, 0.2) is 48.0 Å². The molecule has 1 aliphatic rings. The SMILES string of the molecule is CCCCN(CCCC)CCCN1C(=O)C(=O)C(=C(O)c2cccc([N+](=O)[O-])c2)[C@H]1c1cc(OC)ccc1OC. The first-order valence-corrected chi connectivity index (χ1v) is 13.7. The number of nitro benzene ring substituents is 1. The highest BCUT2D eigenvalue weighted by molar-refractivity contribution is 6.46. The van der Waals surface area contributed by atoms with Gasteiger partial charge < -0.3 is 24.4 Å². The van der Waals surface area contributed by atoms with Crippen molar-refractivity contribution in [3.05, 3.63) is 69.3 Å². The molecule has 216 valence electrons. The van der Waals surface area contributed by atoms with Crippen LogP contribution in [-0.4, -0.2) is 71.9 Å². The Labute approximate surface area is 235 Å². The Hall–Kier alpha value is -3.92. The molecule has 1 amide bonds. The molecule has 1 atom stereocenters. The second-order valence-corrected chi connectivity index (χ2v) is 9.81. The summed E-state index contributed by atoms with van der Waals surface area (Å²) in [6.45, 7) is 7.27. The van der Waals surface area contributed by atoms with Crippen molar-refractivity contribution in [2.24, 2.45) is 0 Å². The summed E-state index contributed by atoms with van der Waals surface area (Å²) in [5.41, 5.74) is 0.158. The molecule has 0 bridgehead atoms. The fraction of sp³-hybridized carbons (Fsp3) is 0.467. The Bertz CT molecular complexity index is 1240. The summed E-state index contributed by atoms with van der Waals surface area (Å²) < 4.78 is 11.0. The number of hydrogen-bond acceptors (Lipinski definition) is 8. The maximum absolute atomic E-state index is 13.4. The van der Waals surface area contributed by atoms with E-state index in [4.69, 9.17) is 9.47 Å². The van der Waals surface area contributed by atoms with Crippen LogP contribution in [0.25, 0.3) is 5.76 Å². The van der Waals surface area contributed by atoms with Gasteiger partial charge in [-0.25, -0.2) is 0 Å². The lowest BCUT2D eigenvalue weighted by Crippen LogP contribution is -2.34. The fourth-order valence-electron chi connectivity index (χ4n) is 4.97. The molecule has 40 heavy (non-hydrogen) atoms. The topological polar surface area (TPSA) is 122 Å². The Morgan fingerprint density at radius 2 is 1.68 bits per heavy atom. The number of carbonyl (C=O) groups is 2. The lowest BCUT2D eigenvalue weighted by molar-refractivity contribution is -0.384. The maximum Gasteiger partial charge on any atom is 0.295 e. The average molecular weight is 554 g/mol. The van der Waals surface area contributed by atoms with Crippen molar-refractivity contribution < 1.29 is 29.1 Å². The normalized spacial score (nSPS) is 16.5. The Balaban J connectivity index is 2.06. The van der Waals surface area contributed by atoms with Crippen LogP contribution in [0, 0.1) is 10.1 Å². The monoisotopic (exact) mass is 553 g/mol. The standard InChI is InChI=1S/C30H39N3O7/c1-5-7-15-31(16-8-6-2)17-10-18-32-27(24-20-23(39-3)13-14-25(24)40-4)26(29(35)30(32)36)28(34)21-11-9-12-22(19-21)33(37)38/h9,11-14,19-20,27,34H,5-8,10,15-18H2,1-4H3/t27-/m1/s1. The molecular weight excluding hydrogens is 514 g/mol. The highest BCUT2D eigenvalue weighted by atomic mass is 16.6. The van der Waals surface area contributed by atoms with Gasteiger partial charge in [0.15, 0.2) is 0 Å². The molecule has 0 saturated carbocycles. The molecule has 1 N–H and O–H groups in total. The van der Waals surface area contributed by atoms with Crippen molar-refractivity contribution in [3.8, 4) is 11.5 Å². The quantitative estimate of drug-likeness (QED) is 0.103. The predicted molar refractivity (Wildman–Crippen MR) is 153 cm³/mol. The summed E-state index contributed by atoms with van der Waals surface area (Å²) in [6, 6.07) is 9.46. The number of non-ortho nitro benzene ring substituents is 1. The molecule has 10 heteroatoms. The van der Waals surface area contributed by atoms with Gasteiger partial charge in [-0.2, -0.15) is 0 Å². The molecule has 2 aromatic carbocycles. The van der Waals surface area contributed by atoms with E-state index in [-0.39, 0.29) is 23.4 Å². The lowest BCUT2D eigenvalue weighted by Gasteiger charge is -2.28. The van der Waals surface area contributed by atoms with Crippen molar-refractivity contribution in [2.45, 2.75) is 52.0 Å². The van der Waals surface area contributed by atoms with Crippen LogP contribution in [0.2, 0.25) is 0 Å². The molecular formula is C30H39N3O7. The molecule has 1 heterocycles. The Morgan fingerprint density at radius 1 is 1.00 bits per heavy atom. The van der Waals surface area contributed by atoms with Crippen LogP contribution in [0.4, 0.5) is 5.69 Å². The number of Topliss-reactive ketones (excluding diaryl/α,β-unsaturated/α-hetero) is 1. The Kier molecular flexibility index (Phi) is 11.1. The molecule has 0 spiro atoms.